The molecule has 0 aliphatic carbocycles. The summed E-state index contributed by atoms with van der Waals surface area (Å²) < 4.78 is 16.2. The van der Waals surface area contributed by atoms with Crippen LogP contribution in [-0.4, -0.2) is 28.4 Å². The van der Waals surface area contributed by atoms with Gasteiger partial charge in [0.25, 0.3) is 0 Å². The van der Waals surface area contributed by atoms with Crippen LogP contribution in [0.2, 0.25) is 0 Å². The van der Waals surface area contributed by atoms with Crippen molar-refractivity contribution < 1.29 is 23.9 Å². The van der Waals surface area contributed by atoms with Gasteiger partial charge in [-0.15, -0.1) is 0 Å². The number of esters is 1. The van der Waals surface area contributed by atoms with Gasteiger partial charge in [0.05, 0.1) is 6.61 Å². The van der Waals surface area contributed by atoms with Crippen LogP contribution in [0.5, 0.6) is 0 Å². The topological polar surface area (TPSA) is 110 Å². The number of hydrogen-bond donors (Lipinski definition) is 3. The van der Waals surface area contributed by atoms with Gasteiger partial charge in [-0.25, -0.2) is 0 Å². The lowest BCUT2D eigenvalue weighted by Gasteiger charge is -2.14. The molecular weight excluding hydrogens is 281 g/mol. The van der Waals surface area contributed by atoms with E-state index in [0.717, 1.165) is 0 Å². The van der Waals surface area contributed by atoms with Crippen molar-refractivity contribution in [3.63, 3.8) is 0 Å². The van der Waals surface area contributed by atoms with E-state index >= 15 is 0 Å². The van der Waals surface area contributed by atoms with E-state index in [1.165, 1.54) is 6.08 Å². The van der Waals surface area contributed by atoms with Gasteiger partial charge in [-0.1, -0.05) is 30.3 Å². The van der Waals surface area contributed by atoms with Crippen molar-refractivity contribution >= 4 is 19.6 Å². The van der Waals surface area contributed by atoms with Crippen molar-refractivity contribution in [2.45, 2.75) is 19.4 Å². The van der Waals surface area contributed by atoms with Crippen LogP contribution < -0.4 is 5.73 Å². The molecule has 0 saturated carbocycles. The highest BCUT2D eigenvalue weighted by molar-refractivity contribution is 7.56. The van der Waals surface area contributed by atoms with Crippen LogP contribution in [0.3, 0.4) is 0 Å². The van der Waals surface area contributed by atoms with Crippen molar-refractivity contribution in [1.82, 2.24) is 0 Å². The van der Waals surface area contributed by atoms with Crippen LogP contribution in [0.25, 0.3) is 6.08 Å². The molecule has 0 radical (unpaired) electrons. The zero-order chi connectivity index (χ0) is 15.2. The molecule has 1 aromatic carbocycles. The summed E-state index contributed by atoms with van der Waals surface area (Å²) in [6.07, 6.45) is 1.10. The van der Waals surface area contributed by atoms with Gasteiger partial charge in [0.1, 0.15) is 6.04 Å². The van der Waals surface area contributed by atoms with E-state index in [1.807, 2.05) is 0 Å². The Kier molecular flexibility index (Phi) is 6.10. The molecule has 7 heteroatoms. The minimum absolute atomic E-state index is 0.167. The molecule has 1 atom stereocenters. The highest BCUT2D eigenvalue weighted by atomic mass is 31.2. The number of carbonyl (C=O) groups excluding carboxylic acids is 1. The maximum absolute atomic E-state index is 11.5. The fourth-order valence-electron chi connectivity index (χ4n) is 1.56. The van der Waals surface area contributed by atoms with Crippen molar-refractivity contribution in [3.05, 3.63) is 41.2 Å². The van der Waals surface area contributed by atoms with Gasteiger partial charge in [0, 0.05) is 11.7 Å². The maximum Gasteiger partial charge on any atom is 0.352 e. The first-order valence-corrected chi connectivity index (χ1v) is 7.69. The second-order valence-electron chi connectivity index (χ2n) is 4.15. The number of ether oxygens (including phenoxy) is 1. The molecule has 110 valence electrons. The molecule has 1 aromatic rings. The summed E-state index contributed by atoms with van der Waals surface area (Å²) in [6, 6.07) is 7.58. The molecule has 0 amide bonds. The summed E-state index contributed by atoms with van der Waals surface area (Å²) in [6.45, 7) is 1.80. The van der Waals surface area contributed by atoms with Crippen LogP contribution in [0.1, 0.15) is 18.9 Å². The quantitative estimate of drug-likeness (QED) is 0.542. The number of carbonyl (C=O) groups is 1. The summed E-state index contributed by atoms with van der Waals surface area (Å²) in [5.74, 6) is -0.681. The van der Waals surface area contributed by atoms with E-state index in [9.17, 15) is 19.1 Å². The molecule has 0 fully saturated rings. The lowest BCUT2D eigenvalue weighted by Crippen LogP contribution is -2.32. The molecule has 0 unspecified atom stereocenters. The summed E-state index contributed by atoms with van der Waals surface area (Å²) in [4.78, 5) is 30.1. The Balaban J connectivity index is 2.95. The molecule has 0 aromatic heterocycles. The molecule has 4 N–H and O–H groups in total. The summed E-state index contributed by atoms with van der Waals surface area (Å²) >= 11 is 0. The van der Waals surface area contributed by atoms with E-state index in [4.69, 9.17) is 10.5 Å². The fourth-order valence-corrected chi connectivity index (χ4v) is 2.31. The lowest BCUT2D eigenvalue weighted by molar-refractivity contribution is -0.144. The SMILES string of the molecule is CCOC(=O)[C@@H](N)C/C(=C/c1ccccc1)P(=O)(O)O. The predicted molar refractivity (Wildman–Crippen MR) is 75.7 cm³/mol. The number of benzene rings is 1. The van der Waals surface area contributed by atoms with Crippen LogP contribution in [-0.2, 0) is 14.1 Å². The summed E-state index contributed by atoms with van der Waals surface area (Å²) in [5, 5.41) is -0.191. The Labute approximate surface area is 117 Å². The Bertz CT molecular complexity index is 523. The van der Waals surface area contributed by atoms with Crippen molar-refractivity contribution in [1.29, 1.82) is 0 Å². The Morgan fingerprint density at radius 1 is 1.40 bits per heavy atom. The highest BCUT2D eigenvalue weighted by Gasteiger charge is 2.26. The second-order valence-corrected chi connectivity index (χ2v) is 5.82. The molecule has 0 bridgehead atoms. The second kappa shape index (κ2) is 7.36. The summed E-state index contributed by atoms with van der Waals surface area (Å²) in [5.41, 5.74) is 6.22. The average Bonchev–Trinajstić information content (AvgIpc) is 2.38. The van der Waals surface area contributed by atoms with E-state index < -0.39 is 19.6 Å². The third kappa shape index (κ3) is 5.27. The normalized spacial score (nSPS) is 13.9. The van der Waals surface area contributed by atoms with Crippen LogP contribution >= 0.6 is 7.60 Å². The first-order valence-electron chi connectivity index (χ1n) is 6.08. The number of nitrogens with two attached hydrogens (primary N) is 1. The third-order valence-electron chi connectivity index (χ3n) is 2.53. The highest BCUT2D eigenvalue weighted by Crippen LogP contribution is 2.48. The molecule has 0 aliphatic rings. The molecule has 1 rings (SSSR count). The van der Waals surface area contributed by atoms with Crippen molar-refractivity contribution in [3.8, 4) is 0 Å². The van der Waals surface area contributed by atoms with E-state index in [2.05, 4.69) is 0 Å². The molecule has 0 heterocycles. The van der Waals surface area contributed by atoms with E-state index in [1.54, 1.807) is 37.3 Å². The van der Waals surface area contributed by atoms with Crippen molar-refractivity contribution in [2.75, 3.05) is 6.61 Å². The molecule has 0 saturated heterocycles. The number of hydrogen-bond acceptors (Lipinski definition) is 4. The minimum atomic E-state index is -4.48. The van der Waals surface area contributed by atoms with Crippen LogP contribution in [0, 0.1) is 0 Å². The molecule has 20 heavy (non-hydrogen) atoms. The molecule has 0 spiro atoms. The Morgan fingerprint density at radius 2 is 2.00 bits per heavy atom. The van der Waals surface area contributed by atoms with Gasteiger partial charge in [-0.05, 0) is 18.6 Å². The predicted octanol–water partition coefficient (Wildman–Crippen LogP) is 1.49. The average molecular weight is 299 g/mol. The molecular formula is C13H18NO5P. The van der Waals surface area contributed by atoms with Gasteiger partial charge >= 0.3 is 13.6 Å². The standard InChI is InChI=1S/C13H18NO5P/c1-2-19-13(15)12(14)9-11(20(16,17)18)8-10-6-4-3-5-7-10/h3-8,12H,2,9,14H2,1H3,(H2,16,17,18)/b11-8-/t12-/m0/s1. The van der Waals surface area contributed by atoms with Gasteiger partial charge in [0.2, 0.25) is 0 Å². The molecule has 0 aliphatic heterocycles. The van der Waals surface area contributed by atoms with Crippen LogP contribution in [0.4, 0.5) is 0 Å². The fraction of sp³-hybridized carbons (Fsp3) is 0.308. The van der Waals surface area contributed by atoms with Gasteiger partial charge in [-0.3, -0.25) is 9.36 Å². The minimum Gasteiger partial charge on any atom is -0.465 e. The van der Waals surface area contributed by atoms with Crippen molar-refractivity contribution in [2.24, 2.45) is 5.73 Å². The Morgan fingerprint density at radius 3 is 2.50 bits per heavy atom. The lowest BCUT2D eigenvalue weighted by atomic mass is 10.1. The first-order chi connectivity index (χ1) is 9.34. The van der Waals surface area contributed by atoms with E-state index in [0.29, 0.717) is 5.56 Å². The van der Waals surface area contributed by atoms with E-state index in [-0.39, 0.29) is 18.3 Å². The largest absolute Gasteiger partial charge is 0.465 e. The summed E-state index contributed by atoms with van der Waals surface area (Å²) in [7, 11) is -4.48. The van der Waals surface area contributed by atoms with Gasteiger partial charge < -0.3 is 20.3 Å². The van der Waals surface area contributed by atoms with Gasteiger partial charge in [-0.2, -0.15) is 0 Å². The first kappa shape index (κ1) is 16.6. The number of rotatable bonds is 6. The Hall–Kier alpha value is -1.46. The maximum atomic E-state index is 11.5. The monoisotopic (exact) mass is 299 g/mol. The zero-order valence-electron chi connectivity index (χ0n) is 11.1. The molecule has 6 nitrogen and oxygen atoms in total. The third-order valence-corrected chi connectivity index (χ3v) is 3.59. The smallest absolute Gasteiger partial charge is 0.352 e. The van der Waals surface area contributed by atoms with Gasteiger partial charge in [0.15, 0.2) is 0 Å². The zero-order valence-corrected chi connectivity index (χ0v) is 12.0. The van der Waals surface area contributed by atoms with Crippen LogP contribution in [0.15, 0.2) is 35.6 Å².